The molecule has 0 saturated heterocycles. The number of amides is 1. The molecule has 0 aliphatic carbocycles. The Morgan fingerprint density at radius 3 is 2.77 bits per heavy atom. The Kier molecular flexibility index (Phi) is 5.84. The maximum atomic E-state index is 12.7. The first kappa shape index (κ1) is 19.4. The van der Waals surface area contributed by atoms with Crippen molar-refractivity contribution in [2.45, 2.75) is 19.2 Å². The molecular weight excluding hydrogens is 382 g/mol. The highest BCUT2D eigenvalue weighted by molar-refractivity contribution is 6.02. The molecule has 0 bridgehead atoms. The highest BCUT2D eigenvalue weighted by Crippen LogP contribution is 2.28. The van der Waals surface area contributed by atoms with Crippen molar-refractivity contribution in [3.8, 4) is 11.5 Å². The molecule has 152 valence electrons. The van der Waals surface area contributed by atoms with Crippen LogP contribution in [-0.2, 0) is 6.61 Å². The van der Waals surface area contributed by atoms with Crippen LogP contribution in [0, 0.1) is 0 Å². The summed E-state index contributed by atoms with van der Waals surface area (Å²) in [6.45, 7) is 0.309. The van der Waals surface area contributed by atoms with Gasteiger partial charge in [-0.1, -0.05) is 6.07 Å². The molecule has 0 spiro atoms. The van der Waals surface area contributed by atoms with Crippen LogP contribution in [0.25, 0.3) is 0 Å². The molecule has 2 N–H and O–H groups in total. The summed E-state index contributed by atoms with van der Waals surface area (Å²) in [7, 11) is 1.54. The number of rotatable bonds is 7. The monoisotopic (exact) mass is 403 g/mol. The summed E-state index contributed by atoms with van der Waals surface area (Å²) in [6, 6.07) is 14.5. The zero-order chi connectivity index (χ0) is 20.8. The molecule has 0 fully saturated rings. The lowest BCUT2D eigenvalue weighted by atomic mass is 10.1. The number of hydrazone groups is 1. The lowest BCUT2D eigenvalue weighted by Gasteiger charge is -2.15. The fourth-order valence-electron chi connectivity index (χ4n) is 3.06. The quantitative estimate of drug-likeness (QED) is 0.629. The van der Waals surface area contributed by atoms with Crippen molar-refractivity contribution in [3.05, 3.63) is 83.9 Å². The summed E-state index contributed by atoms with van der Waals surface area (Å²) in [4.78, 5) is 20.9. The molecule has 1 atom stereocenters. The van der Waals surface area contributed by atoms with Gasteiger partial charge in [0.15, 0.2) is 11.5 Å². The van der Waals surface area contributed by atoms with Crippen LogP contribution in [0.3, 0.4) is 0 Å². The molecule has 3 aromatic rings. The largest absolute Gasteiger partial charge is 0.493 e. The van der Waals surface area contributed by atoms with Gasteiger partial charge in [0, 0.05) is 36.1 Å². The zero-order valence-corrected chi connectivity index (χ0v) is 16.4. The Hall–Kier alpha value is -3.94. The van der Waals surface area contributed by atoms with Crippen LogP contribution in [0.2, 0.25) is 0 Å². The minimum atomic E-state index is -0.285. The first-order valence-corrected chi connectivity index (χ1v) is 9.47. The number of ether oxygens (including phenoxy) is 2. The highest BCUT2D eigenvalue weighted by atomic mass is 16.5. The summed E-state index contributed by atoms with van der Waals surface area (Å²) >= 11 is 0. The summed E-state index contributed by atoms with van der Waals surface area (Å²) in [5, 5.41) is 7.25. The van der Waals surface area contributed by atoms with Crippen molar-refractivity contribution in [2.24, 2.45) is 5.10 Å². The van der Waals surface area contributed by atoms with E-state index in [1.807, 2.05) is 30.3 Å². The first-order valence-electron chi connectivity index (χ1n) is 9.47. The lowest BCUT2D eigenvalue weighted by molar-refractivity contribution is 0.0933. The number of carbonyl (C=O) groups is 1. The predicted octanol–water partition coefficient (Wildman–Crippen LogP) is 2.52. The van der Waals surface area contributed by atoms with Crippen LogP contribution in [0.5, 0.6) is 11.5 Å². The van der Waals surface area contributed by atoms with Gasteiger partial charge < -0.3 is 14.8 Å². The van der Waals surface area contributed by atoms with E-state index in [9.17, 15) is 4.79 Å². The number of methoxy groups -OCH3 is 1. The van der Waals surface area contributed by atoms with Gasteiger partial charge >= 0.3 is 0 Å². The van der Waals surface area contributed by atoms with E-state index < -0.39 is 0 Å². The molecule has 1 unspecified atom stereocenters. The predicted molar refractivity (Wildman–Crippen MR) is 111 cm³/mol. The lowest BCUT2D eigenvalue weighted by Crippen LogP contribution is -2.41. The summed E-state index contributed by atoms with van der Waals surface area (Å²) in [5.41, 5.74) is 6.08. The average Bonchev–Trinajstić information content (AvgIpc) is 3.27. The number of hydrogen-bond donors (Lipinski definition) is 2. The fraction of sp³-hybridized carbons (Fsp3) is 0.182. The minimum absolute atomic E-state index is 0.228. The molecule has 1 amide bonds. The Labute approximate surface area is 174 Å². The zero-order valence-electron chi connectivity index (χ0n) is 16.4. The Morgan fingerprint density at radius 2 is 2.00 bits per heavy atom. The second kappa shape index (κ2) is 9.04. The smallest absolute Gasteiger partial charge is 0.253 e. The third-order valence-electron chi connectivity index (χ3n) is 4.60. The molecule has 1 aromatic carbocycles. The topological polar surface area (TPSA) is 97.7 Å². The van der Waals surface area contributed by atoms with Crippen LogP contribution in [-0.4, -0.2) is 34.9 Å². The van der Waals surface area contributed by atoms with E-state index in [1.165, 1.54) is 7.11 Å². The van der Waals surface area contributed by atoms with Crippen molar-refractivity contribution in [1.82, 2.24) is 20.7 Å². The van der Waals surface area contributed by atoms with E-state index in [1.54, 1.807) is 36.8 Å². The molecule has 4 rings (SSSR count). The number of hydrogen-bond acceptors (Lipinski definition) is 7. The van der Waals surface area contributed by atoms with Gasteiger partial charge in [-0.2, -0.15) is 5.10 Å². The van der Waals surface area contributed by atoms with Crippen molar-refractivity contribution < 1.29 is 14.3 Å². The van der Waals surface area contributed by atoms with Gasteiger partial charge in [-0.05, 0) is 42.5 Å². The van der Waals surface area contributed by atoms with Crippen molar-refractivity contribution >= 4 is 11.6 Å². The molecule has 8 nitrogen and oxygen atoms in total. The normalized spacial score (nSPS) is 15.1. The van der Waals surface area contributed by atoms with E-state index in [4.69, 9.17) is 9.47 Å². The molecule has 30 heavy (non-hydrogen) atoms. The molecule has 0 saturated carbocycles. The summed E-state index contributed by atoms with van der Waals surface area (Å²) in [5.74, 6) is 0.793. The summed E-state index contributed by atoms with van der Waals surface area (Å²) in [6.07, 6.45) is 5.44. The van der Waals surface area contributed by atoms with Crippen LogP contribution in [0.1, 0.15) is 28.0 Å². The second-order valence-corrected chi connectivity index (χ2v) is 6.63. The van der Waals surface area contributed by atoms with E-state index in [0.717, 1.165) is 17.0 Å². The third kappa shape index (κ3) is 4.54. The Bertz CT molecular complexity index is 1040. The maximum Gasteiger partial charge on any atom is 0.253 e. The highest BCUT2D eigenvalue weighted by Gasteiger charge is 2.22. The number of nitrogens with one attached hydrogen (secondary N) is 2. The molecule has 8 heteroatoms. The molecule has 3 heterocycles. The van der Waals surface area contributed by atoms with E-state index in [0.29, 0.717) is 30.1 Å². The van der Waals surface area contributed by atoms with Gasteiger partial charge in [-0.25, -0.2) is 0 Å². The van der Waals surface area contributed by atoms with Gasteiger partial charge in [0.2, 0.25) is 0 Å². The van der Waals surface area contributed by atoms with Crippen molar-refractivity contribution in [2.75, 3.05) is 7.11 Å². The number of aromatic nitrogens is 2. The number of pyridine rings is 2. The fourth-order valence-corrected chi connectivity index (χ4v) is 3.06. The minimum Gasteiger partial charge on any atom is -0.493 e. The van der Waals surface area contributed by atoms with Crippen molar-refractivity contribution in [3.63, 3.8) is 0 Å². The van der Waals surface area contributed by atoms with Crippen LogP contribution in [0.4, 0.5) is 0 Å². The third-order valence-corrected chi connectivity index (χ3v) is 4.60. The Balaban J connectivity index is 1.37. The summed E-state index contributed by atoms with van der Waals surface area (Å²) < 4.78 is 11.2. The Morgan fingerprint density at radius 1 is 1.13 bits per heavy atom. The number of nitrogens with zero attached hydrogens (tertiary/aromatic N) is 3. The molecule has 0 radical (unpaired) electrons. The van der Waals surface area contributed by atoms with Crippen LogP contribution >= 0.6 is 0 Å². The van der Waals surface area contributed by atoms with Gasteiger partial charge in [0.1, 0.15) is 12.8 Å². The SMILES string of the molecule is COc1cc(C(=O)NC2CC(c3ccncc3)=NN2)ccc1OCc1ccccn1. The molecule has 1 aliphatic rings. The van der Waals surface area contributed by atoms with Gasteiger partial charge in [-0.15, -0.1) is 0 Å². The number of carbonyl (C=O) groups excluding carboxylic acids is 1. The van der Waals surface area contributed by atoms with Crippen LogP contribution < -0.4 is 20.2 Å². The van der Waals surface area contributed by atoms with E-state index >= 15 is 0 Å². The standard InChI is InChI=1S/C22H21N5O3/c1-29-20-12-16(5-6-19(20)30-14-17-4-2-3-9-24-17)22(28)25-21-13-18(26-27-21)15-7-10-23-11-8-15/h2-12,21,27H,13-14H2,1H3,(H,25,28). The van der Waals surface area contributed by atoms with E-state index in [-0.39, 0.29) is 12.1 Å². The van der Waals surface area contributed by atoms with Gasteiger partial charge in [0.25, 0.3) is 5.91 Å². The van der Waals surface area contributed by atoms with Gasteiger partial charge in [-0.3, -0.25) is 20.2 Å². The molecule has 2 aromatic heterocycles. The number of benzene rings is 1. The molecule has 1 aliphatic heterocycles. The molecular formula is C22H21N5O3. The first-order chi connectivity index (χ1) is 14.7. The average molecular weight is 403 g/mol. The second-order valence-electron chi connectivity index (χ2n) is 6.63. The maximum absolute atomic E-state index is 12.7. The van der Waals surface area contributed by atoms with Crippen LogP contribution in [0.15, 0.2) is 72.2 Å². The van der Waals surface area contributed by atoms with Crippen molar-refractivity contribution in [1.29, 1.82) is 0 Å². The van der Waals surface area contributed by atoms with Gasteiger partial charge in [0.05, 0.1) is 18.5 Å². The van der Waals surface area contributed by atoms with E-state index in [2.05, 4.69) is 25.8 Å².